The highest BCUT2D eigenvalue weighted by molar-refractivity contribution is 5.74. The molecule has 0 spiro atoms. The lowest BCUT2D eigenvalue weighted by Crippen LogP contribution is -2.69. The van der Waals surface area contributed by atoms with Gasteiger partial charge in [0.2, 0.25) is 5.91 Å². The first kappa shape index (κ1) is 41.0. The average Bonchev–Trinajstić information content (AvgIpc) is 3.06. The Bertz CT molecular complexity index is 1120. The first-order chi connectivity index (χ1) is 23.5. The lowest BCUT2D eigenvalue weighted by molar-refractivity contribution is -0.386. The Hall–Kier alpha value is -1.74. The molecular formula is C29H49NO20. The number of ether oxygens (including phenoxy) is 8. The molecule has 4 fully saturated rings. The highest BCUT2D eigenvalue weighted by Crippen LogP contribution is 2.35. The Morgan fingerprint density at radius 3 is 1.74 bits per heavy atom. The van der Waals surface area contributed by atoms with Crippen molar-refractivity contribution in [2.75, 3.05) is 13.2 Å². The molecule has 8 unspecified atom stereocenters. The topological polar surface area (TPSA) is 322 Å². The molecule has 50 heavy (non-hydrogen) atoms. The summed E-state index contributed by atoms with van der Waals surface area (Å²) in [5.74, 6) is -2.34. The van der Waals surface area contributed by atoms with Crippen molar-refractivity contribution in [1.82, 2.24) is 5.32 Å². The minimum Gasteiger partial charge on any atom is -0.479 e. The Labute approximate surface area is 286 Å². The molecule has 4 rings (SSSR count). The third-order valence-corrected chi connectivity index (χ3v) is 8.96. The summed E-state index contributed by atoms with van der Waals surface area (Å²) >= 11 is 0. The zero-order chi connectivity index (χ0) is 37.2. The first-order valence-electron chi connectivity index (χ1n) is 16.3. The fourth-order valence-corrected chi connectivity index (χ4v) is 6.14. The van der Waals surface area contributed by atoms with E-state index < -0.39 is 141 Å². The van der Waals surface area contributed by atoms with Crippen molar-refractivity contribution < 1.29 is 98.5 Å². The Kier molecular flexibility index (Phi) is 14.3. The second-order valence-electron chi connectivity index (χ2n) is 12.7. The second-order valence-corrected chi connectivity index (χ2v) is 12.7. The molecule has 20 atom stereocenters. The summed E-state index contributed by atoms with van der Waals surface area (Å²) < 4.78 is 45.0. The minimum atomic E-state index is -2.15. The molecule has 21 heteroatoms. The van der Waals surface area contributed by atoms with Gasteiger partial charge in [-0.15, -0.1) is 0 Å². The maximum absolute atomic E-state index is 12.5. The van der Waals surface area contributed by atoms with Crippen LogP contribution in [-0.4, -0.2) is 199 Å². The number of aliphatic hydroxyl groups excluding tert-OH is 9. The van der Waals surface area contributed by atoms with Gasteiger partial charge in [0.05, 0.1) is 18.8 Å². The van der Waals surface area contributed by atoms with E-state index in [0.29, 0.717) is 6.42 Å². The van der Waals surface area contributed by atoms with E-state index in [1.165, 1.54) is 13.8 Å². The minimum absolute atomic E-state index is 0.134. The Balaban J connectivity index is 1.57. The van der Waals surface area contributed by atoms with Crippen LogP contribution in [0.4, 0.5) is 0 Å². The molecule has 21 nitrogen and oxygen atoms in total. The monoisotopic (exact) mass is 731 g/mol. The second kappa shape index (κ2) is 17.4. The highest BCUT2D eigenvalue weighted by Gasteiger charge is 2.56. The van der Waals surface area contributed by atoms with Gasteiger partial charge in [-0.1, -0.05) is 6.92 Å². The van der Waals surface area contributed by atoms with E-state index in [1.54, 1.807) is 6.92 Å². The highest BCUT2D eigenvalue weighted by atomic mass is 16.8. The van der Waals surface area contributed by atoms with Crippen LogP contribution < -0.4 is 5.32 Å². The van der Waals surface area contributed by atoms with E-state index in [-0.39, 0.29) is 6.61 Å². The summed E-state index contributed by atoms with van der Waals surface area (Å²) in [5.41, 5.74) is 0. The van der Waals surface area contributed by atoms with Crippen LogP contribution in [0.15, 0.2) is 0 Å². The maximum Gasteiger partial charge on any atom is 0.335 e. The molecule has 0 radical (unpaired) electrons. The standard InChI is InChI=1S/C29H49NO20/c1-5-6-43-26-12(30-10(4)32)21(15(35)11(7-31)46-26)47-28-20(40)18(38)22(24(50-28)25(41)42)48-29-23(17(37)14(34)9(3)45-29)49-27-19(39)16(36)13(33)8(2)44-27/h8-9,11-24,26-29,31,33-40H,5-7H2,1-4H3,(H,30,32)(H,41,42)/t8-,9-,11?,12-,13-,14-,15-,16?,17?,18?,19?,20-,21?,22+,23?,24?,26+,27-,28+,29-/m0/s1. The number of carbonyl (C=O) groups excluding carboxylic acids is 1. The number of carbonyl (C=O) groups is 2. The predicted octanol–water partition coefficient (Wildman–Crippen LogP) is -6.02. The predicted molar refractivity (Wildman–Crippen MR) is 157 cm³/mol. The van der Waals surface area contributed by atoms with E-state index in [0.717, 1.165) is 6.92 Å². The van der Waals surface area contributed by atoms with Gasteiger partial charge in [-0.2, -0.15) is 0 Å². The third-order valence-electron chi connectivity index (χ3n) is 8.96. The molecular weight excluding hydrogens is 682 g/mol. The molecule has 4 aliphatic heterocycles. The summed E-state index contributed by atoms with van der Waals surface area (Å²) in [7, 11) is 0. The first-order valence-corrected chi connectivity index (χ1v) is 16.3. The van der Waals surface area contributed by atoms with Gasteiger partial charge in [-0.3, -0.25) is 4.79 Å². The third kappa shape index (κ3) is 8.72. The molecule has 0 saturated carbocycles. The number of aliphatic carboxylic acids is 1. The van der Waals surface area contributed by atoms with E-state index in [4.69, 9.17) is 37.9 Å². The van der Waals surface area contributed by atoms with Crippen molar-refractivity contribution in [3.8, 4) is 0 Å². The zero-order valence-electron chi connectivity index (χ0n) is 27.7. The van der Waals surface area contributed by atoms with Crippen molar-refractivity contribution >= 4 is 11.9 Å². The van der Waals surface area contributed by atoms with Crippen LogP contribution >= 0.6 is 0 Å². The van der Waals surface area contributed by atoms with Crippen LogP contribution in [0, 0.1) is 0 Å². The fourth-order valence-electron chi connectivity index (χ4n) is 6.14. The number of aliphatic hydroxyl groups is 9. The molecule has 290 valence electrons. The smallest absolute Gasteiger partial charge is 0.335 e. The number of rotatable bonds is 12. The molecule has 4 saturated heterocycles. The molecule has 0 aromatic rings. The van der Waals surface area contributed by atoms with Crippen LogP contribution in [-0.2, 0) is 47.5 Å². The maximum atomic E-state index is 12.5. The van der Waals surface area contributed by atoms with E-state index in [1.807, 2.05) is 0 Å². The van der Waals surface area contributed by atoms with Crippen LogP contribution in [0.1, 0.15) is 34.1 Å². The summed E-state index contributed by atoms with van der Waals surface area (Å²) in [5, 5.41) is 108. The van der Waals surface area contributed by atoms with Gasteiger partial charge in [0.25, 0.3) is 0 Å². The van der Waals surface area contributed by atoms with Gasteiger partial charge < -0.3 is 94.3 Å². The van der Waals surface area contributed by atoms with Crippen molar-refractivity contribution in [2.24, 2.45) is 0 Å². The summed E-state index contributed by atoms with van der Waals surface area (Å²) in [6.07, 6.45) is -31.9. The van der Waals surface area contributed by atoms with E-state index in [9.17, 15) is 60.7 Å². The summed E-state index contributed by atoms with van der Waals surface area (Å²) in [6.45, 7) is 5.05. The Morgan fingerprint density at radius 1 is 0.640 bits per heavy atom. The lowest BCUT2D eigenvalue weighted by atomic mass is 9.94. The van der Waals surface area contributed by atoms with Crippen LogP contribution in [0.25, 0.3) is 0 Å². The van der Waals surface area contributed by atoms with Crippen molar-refractivity contribution in [2.45, 2.75) is 157 Å². The van der Waals surface area contributed by atoms with Crippen LogP contribution in [0.2, 0.25) is 0 Å². The number of nitrogens with one attached hydrogen (secondary N) is 1. The zero-order valence-corrected chi connectivity index (χ0v) is 27.7. The number of carboxylic acid groups (broad SMARTS) is 1. The quantitative estimate of drug-likeness (QED) is 0.0890. The number of amides is 1. The van der Waals surface area contributed by atoms with E-state index in [2.05, 4.69) is 5.32 Å². The molecule has 4 heterocycles. The average molecular weight is 732 g/mol. The lowest BCUT2D eigenvalue weighted by Gasteiger charge is -2.49. The van der Waals surface area contributed by atoms with Gasteiger partial charge in [0.1, 0.15) is 79.3 Å². The normalized spacial score (nSPS) is 48.6. The summed E-state index contributed by atoms with van der Waals surface area (Å²) in [4.78, 5) is 24.5. The SMILES string of the molecule is CCCO[C@@H]1OC(CO)[C@H](O)C(O[C@@H]2OC(C(=O)O)[C@H](O[C@@H]3O[C@@H](C)[C@H](O)C(O)C3O[C@@H]3O[C@@H](C)[C@H](O)C(O)C3O)C(O)[C@@H]2O)[C@@H]1NC(C)=O. The Morgan fingerprint density at radius 2 is 1.16 bits per heavy atom. The van der Waals surface area contributed by atoms with Crippen molar-refractivity contribution in [3.63, 3.8) is 0 Å². The molecule has 0 bridgehead atoms. The van der Waals surface area contributed by atoms with E-state index >= 15 is 0 Å². The molecule has 0 aromatic carbocycles. The molecule has 4 aliphatic rings. The largest absolute Gasteiger partial charge is 0.479 e. The number of hydrogen-bond acceptors (Lipinski definition) is 19. The number of carboxylic acids is 1. The molecule has 11 N–H and O–H groups in total. The molecule has 0 aromatic heterocycles. The number of hydrogen-bond donors (Lipinski definition) is 11. The molecule has 1 amide bonds. The van der Waals surface area contributed by atoms with Crippen molar-refractivity contribution in [1.29, 1.82) is 0 Å². The van der Waals surface area contributed by atoms with Gasteiger partial charge in [-0.05, 0) is 20.3 Å². The van der Waals surface area contributed by atoms with Crippen molar-refractivity contribution in [3.05, 3.63) is 0 Å². The van der Waals surface area contributed by atoms with Gasteiger partial charge in [0, 0.05) is 13.5 Å². The van der Waals surface area contributed by atoms with Crippen LogP contribution in [0.3, 0.4) is 0 Å². The van der Waals surface area contributed by atoms with Crippen LogP contribution in [0.5, 0.6) is 0 Å². The van der Waals surface area contributed by atoms with Gasteiger partial charge >= 0.3 is 5.97 Å². The van der Waals surface area contributed by atoms with Gasteiger partial charge in [0.15, 0.2) is 31.3 Å². The fraction of sp³-hybridized carbons (Fsp3) is 0.931. The van der Waals surface area contributed by atoms with Gasteiger partial charge in [-0.25, -0.2) is 4.79 Å². The molecule has 0 aliphatic carbocycles. The summed E-state index contributed by atoms with van der Waals surface area (Å²) in [6, 6.07) is -1.27.